The van der Waals surface area contributed by atoms with Crippen molar-refractivity contribution in [2.75, 3.05) is 24.2 Å². The molecule has 18 heavy (non-hydrogen) atoms. The largest absolute Gasteiger partial charge is 0.416 e. The van der Waals surface area contributed by atoms with Crippen LogP contribution in [0.2, 0.25) is 0 Å². The van der Waals surface area contributed by atoms with Gasteiger partial charge in [0.15, 0.2) is 0 Å². The second kappa shape index (κ2) is 4.68. The molecule has 0 heterocycles. The van der Waals surface area contributed by atoms with Crippen LogP contribution in [-0.2, 0) is 6.18 Å². The van der Waals surface area contributed by atoms with Gasteiger partial charge >= 0.3 is 6.18 Å². The monoisotopic (exact) mass is 262 g/mol. The number of halogens is 3. The summed E-state index contributed by atoms with van der Waals surface area (Å²) in [6.07, 6.45) is -4.40. The summed E-state index contributed by atoms with van der Waals surface area (Å²) in [5.41, 5.74) is 4.38. The number of nitrogens with two attached hydrogens (primary N) is 1. The van der Waals surface area contributed by atoms with Gasteiger partial charge in [-0.15, -0.1) is 0 Å². The van der Waals surface area contributed by atoms with E-state index in [-0.39, 0.29) is 12.2 Å². The van der Waals surface area contributed by atoms with Crippen LogP contribution in [0.25, 0.3) is 0 Å². The van der Waals surface area contributed by atoms with E-state index >= 15 is 0 Å². The van der Waals surface area contributed by atoms with Gasteiger partial charge in [0.05, 0.1) is 22.5 Å². The summed E-state index contributed by atoms with van der Waals surface area (Å²) >= 11 is 0. The van der Waals surface area contributed by atoms with Crippen LogP contribution in [-0.4, -0.2) is 24.3 Å². The highest BCUT2D eigenvalue weighted by Crippen LogP contribution is 2.34. The molecule has 3 N–H and O–H groups in total. The Labute approximate surface area is 104 Å². The first-order chi connectivity index (χ1) is 8.00. The summed E-state index contributed by atoms with van der Waals surface area (Å²) in [5, 5.41) is 9.66. The number of alkyl halides is 3. The third-order valence-electron chi connectivity index (χ3n) is 2.39. The maximum atomic E-state index is 12.5. The Kier molecular flexibility index (Phi) is 3.81. The summed E-state index contributed by atoms with van der Waals surface area (Å²) in [5.74, 6) is 0. The van der Waals surface area contributed by atoms with E-state index in [1.165, 1.54) is 6.07 Å². The zero-order chi connectivity index (χ0) is 14.1. The third-order valence-corrected chi connectivity index (χ3v) is 2.39. The fourth-order valence-corrected chi connectivity index (χ4v) is 1.74. The topological polar surface area (TPSA) is 49.5 Å². The minimum Gasteiger partial charge on any atom is -0.397 e. The highest BCUT2D eigenvalue weighted by atomic mass is 19.4. The molecule has 3 nitrogen and oxygen atoms in total. The molecule has 0 radical (unpaired) electrons. The number of anilines is 2. The van der Waals surface area contributed by atoms with Gasteiger partial charge in [-0.1, -0.05) is 0 Å². The Bertz CT molecular complexity index is 424. The van der Waals surface area contributed by atoms with Crippen molar-refractivity contribution >= 4 is 11.4 Å². The molecule has 0 atom stereocenters. The lowest BCUT2D eigenvalue weighted by molar-refractivity contribution is -0.137. The summed E-state index contributed by atoms with van der Waals surface area (Å²) < 4.78 is 37.4. The average Bonchev–Trinajstić information content (AvgIpc) is 2.12. The first-order valence-corrected chi connectivity index (χ1v) is 5.41. The standard InChI is InChI=1S/C12H17F3N2O/c1-11(2,18)7-17(3)10-5-4-8(6-9(10)16)12(13,14)15/h4-6,18H,7,16H2,1-3H3. The number of nitrogen functional groups attached to an aromatic ring is 1. The number of likely N-dealkylation sites (N-methyl/N-ethyl adjacent to an activating group) is 1. The van der Waals surface area contributed by atoms with Gasteiger partial charge in [-0.3, -0.25) is 0 Å². The summed E-state index contributed by atoms with van der Waals surface area (Å²) in [6.45, 7) is 3.50. The quantitative estimate of drug-likeness (QED) is 0.823. The van der Waals surface area contributed by atoms with Crippen LogP contribution in [0, 0.1) is 0 Å². The van der Waals surface area contributed by atoms with Crippen molar-refractivity contribution in [2.45, 2.75) is 25.6 Å². The van der Waals surface area contributed by atoms with E-state index in [1.54, 1.807) is 25.8 Å². The molecule has 0 unspecified atom stereocenters. The molecule has 1 aromatic carbocycles. The van der Waals surface area contributed by atoms with E-state index in [1.807, 2.05) is 0 Å². The van der Waals surface area contributed by atoms with Crippen LogP contribution in [0.1, 0.15) is 19.4 Å². The highest BCUT2D eigenvalue weighted by molar-refractivity contribution is 5.68. The van der Waals surface area contributed by atoms with E-state index < -0.39 is 17.3 Å². The van der Waals surface area contributed by atoms with Gasteiger partial charge in [-0.05, 0) is 32.0 Å². The van der Waals surface area contributed by atoms with Gasteiger partial charge in [0.2, 0.25) is 0 Å². The van der Waals surface area contributed by atoms with E-state index in [2.05, 4.69) is 0 Å². The minimum absolute atomic E-state index is 0.0385. The van der Waals surface area contributed by atoms with E-state index in [9.17, 15) is 18.3 Å². The molecule has 0 aromatic heterocycles. The normalized spacial score (nSPS) is 12.6. The number of hydrogen-bond donors (Lipinski definition) is 2. The zero-order valence-electron chi connectivity index (χ0n) is 10.5. The molecule has 0 saturated heterocycles. The first kappa shape index (κ1) is 14.6. The summed E-state index contributed by atoms with van der Waals surface area (Å²) in [6, 6.07) is 3.19. The van der Waals surface area contributed by atoms with Crippen LogP contribution < -0.4 is 10.6 Å². The van der Waals surface area contributed by atoms with Crippen molar-refractivity contribution in [2.24, 2.45) is 0 Å². The Morgan fingerprint density at radius 3 is 2.22 bits per heavy atom. The van der Waals surface area contributed by atoms with Crippen LogP contribution >= 0.6 is 0 Å². The van der Waals surface area contributed by atoms with Crippen LogP contribution in [0.15, 0.2) is 18.2 Å². The lowest BCUT2D eigenvalue weighted by Gasteiger charge is -2.28. The molecule has 0 fully saturated rings. The lowest BCUT2D eigenvalue weighted by atomic mass is 10.1. The van der Waals surface area contributed by atoms with Crippen molar-refractivity contribution in [3.8, 4) is 0 Å². The maximum absolute atomic E-state index is 12.5. The van der Waals surface area contributed by atoms with Crippen molar-refractivity contribution in [1.29, 1.82) is 0 Å². The third kappa shape index (κ3) is 3.80. The van der Waals surface area contributed by atoms with Gasteiger partial charge < -0.3 is 15.7 Å². The summed E-state index contributed by atoms with van der Waals surface area (Å²) in [4.78, 5) is 1.62. The fourth-order valence-electron chi connectivity index (χ4n) is 1.74. The first-order valence-electron chi connectivity index (χ1n) is 5.41. The Hall–Kier alpha value is -1.43. The number of benzene rings is 1. The molecule has 0 bridgehead atoms. The predicted molar refractivity (Wildman–Crippen MR) is 65.4 cm³/mol. The predicted octanol–water partition coefficient (Wildman–Crippen LogP) is 2.49. The molecule has 0 saturated carbocycles. The molecule has 0 spiro atoms. The van der Waals surface area contributed by atoms with Crippen molar-refractivity contribution in [1.82, 2.24) is 0 Å². The molecule has 102 valence electrons. The lowest BCUT2D eigenvalue weighted by Crippen LogP contribution is -2.36. The van der Waals surface area contributed by atoms with Gasteiger partial charge in [-0.2, -0.15) is 13.2 Å². The highest BCUT2D eigenvalue weighted by Gasteiger charge is 2.31. The molecular weight excluding hydrogens is 245 g/mol. The molecule has 0 aliphatic heterocycles. The fraction of sp³-hybridized carbons (Fsp3) is 0.500. The number of aliphatic hydroxyl groups is 1. The molecule has 0 amide bonds. The van der Waals surface area contributed by atoms with Gasteiger partial charge in [0, 0.05) is 13.6 Å². The van der Waals surface area contributed by atoms with E-state index in [4.69, 9.17) is 5.73 Å². The van der Waals surface area contributed by atoms with Crippen LogP contribution in [0.3, 0.4) is 0 Å². The number of hydrogen-bond acceptors (Lipinski definition) is 3. The van der Waals surface area contributed by atoms with E-state index in [0.717, 1.165) is 12.1 Å². The van der Waals surface area contributed by atoms with Gasteiger partial charge in [0.25, 0.3) is 0 Å². The molecule has 0 aliphatic carbocycles. The minimum atomic E-state index is -4.40. The van der Waals surface area contributed by atoms with E-state index in [0.29, 0.717) is 5.69 Å². The Morgan fingerprint density at radius 1 is 1.28 bits per heavy atom. The Balaban J connectivity index is 2.99. The average molecular weight is 262 g/mol. The van der Waals surface area contributed by atoms with Crippen molar-refractivity contribution < 1.29 is 18.3 Å². The maximum Gasteiger partial charge on any atom is 0.416 e. The molecule has 6 heteroatoms. The van der Waals surface area contributed by atoms with Crippen LogP contribution in [0.4, 0.5) is 24.5 Å². The smallest absolute Gasteiger partial charge is 0.397 e. The zero-order valence-corrected chi connectivity index (χ0v) is 10.5. The van der Waals surface area contributed by atoms with Crippen molar-refractivity contribution in [3.05, 3.63) is 23.8 Å². The number of rotatable bonds is 3. The molecule has 1 aromatic rings. The SMILES string of the molecule is CN(CC(C)(C)O)c1ccc(C(F)(F)F)cc1N. The van der Waals surface area contributed by atoms with Crippen molar-refractivity contribution in [3.63, 3.8) is 0 Å². The van der Waals surface area contributed by atoms with Gasteiger partial charge in [-0.25, -0.2) is 0 Å². The molecular formula is C12H17F3N2O. The molecule has 1 rings (SSSR count). The summed E-state index contributed by atoms with van der Waals surface area (Å²) in [7, 11) is 1.66. The second-order valence-electron chi connectivity index (χ2n) is 4.94. The number of nitrogens with zero attached hydrogens (tertiary/aromatic N) is 1. The second-order valence-corrected chi connectivity index (χ2v) is 4.94. The Morgan fingerprint density at radius 2 is 1.83 bits per heavy atom. The van der Waals surface area contributed by atoms with Crippen LogP contribution in [0.5, 0.6) is 0 Å². The van der Waals surface area contributed by atoms with Gasteiger partial charge in [0.1, 0.15) is 0 Å². The molecule has 0 aliphatic rings.